The molecule has 1 aliphatic heterocycles. The minimum atomic E-state index is -0.554. The van der Waals surface area contributed by atoms with Crippen LogP contribution in [0, 0.1) is 5.92 Å². The van der Waals surface area contributed by atoms with Crippen molar-refractivity contribution >= 4 is 17.7 Å². The van der Waals surface area contributed by atoms with Gasteiger partial charge in [0.15, 0.2) is 11.5 Å². The molecular formula is C11H14N4O3. The van der Waals surface area contributed by atoms with E-state index in [4.69, 9.17) is 5.73 Å². The van der Waals surface area contributed by atoms with Crippen LogP contribution < -0.4 is 10.6 Å². The highest BCUT2D eigenvalue weighted by Crippen LogP contribution is 2.21. The van der Waals surface area contributed by atoms with Crippen LogP contribution in [0.2, 0.25) is 0 Å². The van der Waals surface area contributed by atoms with Gasteiger partial charge in [0.25, 0.3) is 0 Å². The number of rotatable bonds is 3. The largest absolute Gasteiger partial charge is 0.464 e. The summed E-state index contributed by atoms with van der Waals surface area (Å²) in [5.41, 5.74) is 5.66. The second-order valence-corrected chi connectivity index (χ2v) is 4.06. The zero-order valence-electron chi connectivity index (χ0n) is 10.00. The summed E-state index contributed by atoms with van der Waals surface area (Å²) in [6.07, 6.45) is 3.12. The van der Waals surface area contributed by atoms with Gasteiger partial charge >= 0.3 is 5.97 Å². The molecule has 0 saturated carbocycles. The van der Waals surface area contributed by atoms with Crippen LogP contribution >= 0.6 is 0 Å². The summed E-state index contributed by atoms with van der Waals surface area (Å²) in [5, 5.41) is 0. The number of aromatic nitrogens is 2. The van der Waals surface area contributed by atoms with Crippen LogP contribution in [0.5, 0.6) is 0 Å². The highest BCUT2D eigenvalue weighted by atomic mass is 16.5. The van der Waals surface area contributed by atoms with Gasteiger partial charge in [-0.1, -0.05) is 0 Å². The van der Waals surface area contributed by atoms with Gasteiger partial charge < -0.3 is 10.5 Å². The zero-order valence-corrected chi connectivity index (χ0v) is 10.00. The van der Waals surface area contributed by atoms with E-state index in [1.165, 1.54) is 24.4 Å². The molecule has 1 unspecified atom stereocenters. The maximum Gasteiger partial charge on any atom is 0.358 e. The average molecular weight is 250 g/mol. The number of carbonyl (C=O) groups excluding carboxylic acids is 2. The van der Waals surface area contributed by atoms with Gasteiger partial charge in [-0.3, -0.25) is 9.69 Å². The molecule has 1 saturated heterocycles. The minimum Gasteiger partial charge on any atom is -0.464 e. The van der Waals surface area contributed by atoms with Gasteiger partial charge in [0.2, 0.25) is 5.91 Å². The Morgan fingerprint density at radius 3 is 2.83 bits per heavy atom. The topological polar surface area (TPSA) is 98.4 Å². The number of ether oxygens (including phenoxy) is 1. The van der Waals surface area contributed by atoms with Gasteiger partial charge in [0.05, 0.1) is 19.5 Å². The fourth-order valence-electron chi connectivity index (χ4n) is 1.83. The van der Waals surface area contributed by atoms with Crippen molar-refractivity contribution in [2.45, 2.75) is 6.42 Å². The molecule has 0 aromatic carbocycles. The lowest BCUT2D eigenvalue weighted by atomic mass is 10.1. The molecule has 7 nitrogen and oxygen atoms in total. The number of nitrogens with zero attached hydrogens (tertiary/aromatic N) is 3. The summed E-state index contributed by atoms with van der Waals surface area (Å²) >= 11 is 0. The first-order chi connectivity index (χ1) is 8.65. The molecule has 1 aliphatic rings. The molecule has 1 aromatic heterocycles. The first-order valence-electron chi connectivity index (χ1n) is 5.56. The third-order valence-electron chi connectivity index (χ3n) is 2.85. The van der Waals surface area contributed by atoms with Crippen LogP contribution in [0.15, 0.2) is 12.4 Å². The Labute approximate surface area is 104 Å². The van der Waals surface area contributed by atoms with Crippen LogP contribution in [0.3, 0.4) is 0 Å². The molecule has 1 aromatic rings. The molecule has 7 heteroatoms. The van der Waals surface area contributed by atoms with Crippen molar-refractivity contribution < 1.29 is 14.3 Å². The predicted octanol–water partition coefficient (Wildman–Crippen LogP) is -0.425. The Balaban J connectivity index is 2.15. The standard InChI is InChI=1S/C11H14N4O3/c1-18-11(17)8-4-14-9(5-13-8)15-6-7(3-12)2-10(15)16/h4-5,7H,2-3,6,12H2,1H3. The molecule has 0 bridgehead atoms. The van der Waals surface area contributed by atoms with Gasteiger partial charge in [-0.2, -0.15) is 0 Å². The number of hydrogen-bond acceptors (Lipinski definition) is 6. The molecular weight excluding hydrogens is 236 g/mol. The van der Waals surface area contributed by atoms with E-state index < -0.39 is 5.97 Å². The summed E-state index contributed by atoms with van der Waals surface area (Å²) in [5.74, 6) is 0.00962. The molecule has 1 amide bonds. The Hall–Kier alpha value is -2.02. The van der Waals surface area contributed by atoms with Gasteiger partial charge in [0.1, 0.15) is 0 Å². The lowest BCUT2D eigenvalue weighted by Crippen LogP contribution is -2.27. The molecule has 2 rings (SSSR count). The van der Waals surface area contributed by atoms with E-state index in [1.54, 1.807) is 0 Å². The number of nitrogens with two attached hydrogens (primary N) is 1. The van der Waals surface area contributed by atoms with Gasteiger partial charge in [0, 0.05) is 13.0 Å². The molecule has 96 valence electrons. The minimum absolute atomic E-state index is 0.0226. The van der Waals surface area contributed by atoms with Crippen LogP contribution in [0.4, 0.5) is 5.82 Å². The van der Waals surface area contributed by atoms with Crippen molar-refractivity contribution in [3.63, 3.8) is 0 Å². The van der Waals surface area contributed by atoms with Gasteiger partial charge in [-0.15, -0.1) is 0 Å². The summed E-state index contributed by atoms with van der Waals surface area (Å²) in [6, 6.07) is 0. The van der Waals surface area contributed by atoms with Crippen molar-refractivity contribution in [2.75, 3.05) is 25.1 Å². The SMILES string of the molecule is COC(=O)c1cnc(N2CC(CN)CC2=O)cn1. The molecule has 18 heavy (non-hydrogen) atoms. The van der Waals surface area contributed by atoms with E-state index in [-0.39, 0.29) is 17.5 Å². The summed E-state index contributed by atoms with van der Waals surface area (Å²) in [6.45, 7) is 1.01. The van der Waals surface area contributed by atoms with Crippen LogP contribution in [0.1, 0.15) is 16.9 Å². The zero-order chi connectivity index (χ0) is 13.1. The lowest BCUT2D eigenvalue weighted by Gasteiger charge is -2.14. The van der Waals surface area contributed by atoms with Crippen molar-refractivity contribution in [2.24, 2.45) is 11.7 Å². The van der Waals surface area contributed by atoms with Crippen molar-refractivity contribution in [3.8, 4) is 0 Å². The first-order valence-corrected chi connectivity index (χ1v) is 5.56. The quantitative estimate of drug-likeness (QED) is 0.731. The maximum absolute atomic E-state index is 11.7. The molecule has 2 heterocycles. The van der Waals surface area contributed by atoms with E-state index in [9.17, 15) is 9.59 Å². The number of esters is 1. The highest BCUT2D eigenvalue weighted by Gasteiger charge is 2.30. The maximum atomic E-state index is 11.7. The fourth-order valence-corrected chi connectivity index (χ4v) is 1.83. The number of anilines is 1. The van der Waals surface area contributed by atoms with E-state index in [2.05, 4.69) is 14.7 Å². The second-order valence-electron chi connectivity index (χ2n) is 4.06. The Bertz CT molecular complexity index is 460. The smallest absolute Gasteiger partial charge is 0.358 e. The number of methoxy groups -OCH3 is 1. The van der Waals surface area contributed by atoms with Gasteiger partial charge in [-0.05, 0) is 12.5 Å². The number of carbonyl (C=O) groups is 2. The van der Waals surface area contributed by atoms with E-state index in [0.717, 1.165) is 0 Å². The van der Waals surface area contributed by atoms with Crippen LogP contribution in [0.25, 0.3) is 0 Å². The molecule has 0 spiro atoms. The van der Waals surface area contributed by atoms with Crippen molar-refractivity contribution in [1.82, 2.24) is 9.97 Å². The summed E-state index contributed by atoms with van der Waals surface area (Å²) in [4.78, 5) is 32.4. The van der Waals surface area contributed by atoms with Gasteiger partial charge in [-0.25, -0.2) is 14.8 Å². The van der Waals surface area contributed by atoms with E-state index >= 15 is 0 Å². The third-order valence-corrected chi connectivity index (χ3v) is 2.85. The molecule has 0 radical (unpaired) electrons. The van der Waals surface area contributed by atoms with Crippen molar-refractivity contribution in [3.05, 3.63) is 18.1 Å². The van der Waals surface area contributed by atoms with Crippen LogP contribution in [-0.4, -0.2) is 42.0 Å². The Kier molecular flexibility index (Phi) is 3.52. The Morgan fingerprint density at radius 2 is 2.33 bits per heavy atom. The second kappa shape index (κ2) is 5.09. The fraction of sp³-hybridized carbons (Fsp3) is 0.455. The van der Waals surface area contributed by atoms with E-state index in [0.29, 0.717) is 25.3 Å². The number of hydrogen-bond donors (Lipinski definition) is 1. The first kappa shape index (κ1) is 12.4. The number of amides is 1. The molecule has 0 aliphatic carbocycles. The van der Waals surface area contributed by atoms with Crippen molar-refractivity contribution in [1.29, 1.82) is 0 Å². The lowest BCUT2D eigenvalue weighted by molar-refractivity contribution is -0.117. The normalized spacial score (nSPS) is 19.1. The predicted molar refractivity (Wildman–Crippen MR) is 62.9 cm³/mol. The molecule has 1 atom stereocenters. The summed E-state index contributed by atoms with van der Waals surface area (Å²) in [7, 11) is 1.27. The average Bonchev–Trinajstić information content (AvgIpc) is 2.79. The highest BCUT2D eigenvalue weighted by molar-refractivity contribution is 5.95. The molecule has 2 N–H and O–H groups in total. The molecule has 1 fully saturated rings. The van der Waals surface area contributed by atoms with Crippen LogP contribution in [-0.2, 0) is 9.53 Å². The van der Waals surface area contributed by atoms with E-state index in [1.807, 2.05) is 0 Å². The Morgan fingerprint density at radius 1 is 1.56 bits per heavy atom. The summed E-state index contributed by atoms with van der Waals surface area (Å²) < 4.78 is 4.52. The monoisotopic (exact) mass is 250 g/mol. The third kappa shape index (κ3) is 2.30.